The highest BCUT2D eigenvalue weighted by Crippen LogP contribution is 2.35. The lowest BCUT2D eigenvalue weighted by molar-refractivity contribution is -0.119. The van der Waals surface area contributed by atoms with Crippen molar-refractivity contribution in [3.8, 4) is 11.4 Å². The van der Waals surface area contributed by atoms with E-state index in [-0.39, 0.29) is 28.8 Å². The quantitative estimate of drug-likeness (QED) is 0.699. The molecule has 4 heterocycles. The van der Waals surface area contributed by atoms with Gasteiger partial charge in [0, 0.05) is 34.8 Å². The predicted octanol–water partition coefficient (Wildman–Crippen LogP) is 1.77. The Morgan fingerprint density at radius 3 is 2.86 bits per heavy atom. The lowest BCUT2D eigenvalue weighted by Gasteiger charge is -2.38. The number of hydrogen-bond donors (Lipinski definition) is 3. The van der Waals surface area contributed by atoms with Crippen molar-refractivity contribution in [1.29, 1.82) is 0 Å². The molecule has 0 saturated carbocycles. The van der Waals surface area contributed by atoms with Gasteiger partial charge in [-0.05, 0) is 44.1 Å². The maximum absolute atomic E-state index is 13.7. The molecule has 2 atom stereocenters. The number of nitrogens with zero attached hydrogens (tertiary/aromatic N) is 3. The molecule has 2 aromatic rings. The summed E-state index contributed by atoms with van der Waals surface area (Å²) in [5.41, 5.74) is 4.80. The number of benzene rings is 1. The van der Waals surface area contributed by atoms with Crippen molar-refractivity contribution < 1.29 is 13.7 Å². The number of hydrogen-bond acceptors (Lipinski definition) is 7. The van der Waals surface area contributed by atoms with E-state index in [1.54, 1.807) is 12.1 Å². The van der Waals surface area contributed by atoms with Gasteiger partial charge in [-0.2, -0.15) is 4.98 Å². The zero-order valence-corrected chi connectivity index (χ0v) is 16.2. The van der Waals surface area contributed by atoms with Crippen molar-refractivity contribution in [3.05, 3.63) is 46.7 Å². The molecule has 5 rings (SSSR count). The van der Waals surface area contributed by atoms with Gasteiger partial charge < -0.3 is 15.2 Å². The second kappa shape index (κ2) is 7.40. The summed E-state index contributed by atoms with van der Waals surface area (Å²) in [5.74, 6) is 0.149. The Balaban J connectivity index is 1.40. The average molecular weight is 419 g/mol. The highest BCUT2D eigenvalue weighted by molar-refractivity contribution is 6.30. The number of piperidine rings is 1. The molecule has 10 heteroatoms. The first kappa shape index (κ1) is 18.5. The van der Waals surface area contributed by atoms with Gasteiger partial charge in [0.05, 0.1) is 5.92 Å². The van der Waals surface area contributed by atoms with Crippen LogP contribution in [0.5, 0.6) is 0 Å². The predicted molar refractivity (Wildman–Crippen MR) is 103 cm³/mol. The molecule has 2 fully saturated rings. The Morgan fingerprint density at radius 2 is 2.07 bits per heavy atom. The summed E-state index contributed by atoms with van der Waals surface area (Å²) in [5, 5.41) is 12.6. The summed E-state index contributed by atoms with van der Waals surface area (Å²) >= 11 is 5.93. The minimum absolute atomic E-state index is 0.120. The summed E-state index contributed by atoms with van der Waals surface area (Å²) < 4.78 is 19.1. The van der Waals surface area contributed by atoms with Crippen LogP contribution in [-0.2, 0) is 4.79 Å². The van der Waals surface area contributed by atoms with Crippen LogP contribution in [0, 0.1) is 11.7 Å². The maximum atomic E-state index is 13.7. The molecule has 1 amide bonds. The minimum atomic E-state index is -0.469. The number of rotatable bonds is 3. The van der Waals surface area contributed by atoms with E-state index in [1.807, 2.05) is 5.01 Å². The number of carbonyl (C=O) groups is 1. The number of hydrazine groups is 1. The van der Waals surface area contributed by atoms with Crippen LogP contribution in [0.3, 0.4) is 0 Å². The van der Waals surface area contributed by atoms with Crippen LogP contribution in [0.25, 0.3) is 11.4 Å². The molecule has 0 aliphatic carbocycles. The molecule has 0 bridgehead atoms. The number of halogens is 2. The van der Waals surface area contributed by atoms with Crippen molar-refractivity contribution in [2.45, 2.75) is 24.9 Å². The highest BCUT2D eigenvalue weighted by Gasteiger charge is 2.44. The molecule has 2 unspecified atom stereocenters. The first-order chi connectivity index (χ1) is 14.1. The van der Waals surface area contributed by atoms with Gasteiger partial charge in [-0.1, -0.05) is 16.8 Å². The van der Waals surface area contributed by atoms with Crippen LogP contribution in [0.2, 0.25) is 5.02 Å². The fourth-order valence-electron chi connectivity index (χ4n) is 4.24. The molecule has 1 aromatic carbocycles. The van der Waals surface area contributed by atoms with Crippen LogP contribution < -0.4 is 16.1 Å². The van der Waals surface area contributed by atoms with Gasteiger partial charge in [0.15, 0.2) is 0 Å². The average Bonchev–Trinajstić information content (AvgIpc) is 3.34. The van der Waals surface area contributed by atoms with E-state index < -0.39 is 5.82 Å². The summed E-state index contributed by atoms with van der Waals surface area (Å²) in [6.07, 6.45) is 3.33. The monoisotopic (exact) mass is 418 g/mol. The van der Waals surface area contributed by atoms with E-state index >= 15 is 0 Å². The van der Waals surface area contributed by atoms with Crippen molar-refractivity contribution >= 4 is 17.5 Å². The Kier molecular flexibility index (Phi) is 4.73. The maximum Gasteiger partial charge on any atom is 0.247 e. The van der Waals surface area contributed by atoms with Crippen LogP contribution in [-0.4, -0.2) is 46.9 Å². The summed E-state index contributed by atoms with van der Waals surface area (Å²) in [7, 11) is 0. The van der Waals surface area contributed by atoms with E-state index in [0.29, 0.717) is 23.9 Å². The second-order valence-corrected chi connectivity index (χ2v) is 7.94. The Morgan fingerprint density at radius 1 is 1.24 bits per heavy atom. The Hall–Kier alpha value is -2.49. The summed E-state index contributed by atoms with van der Waals surface area (Å²) in [6, 6.07) is 4.11. The van der Waals surface area contributed by atoms with Crippen molar-refractivity contribution in [1.82, 2.24) is 31.2 Å². The normalized spacial score (nSPS) is 25.0. The standard InChI is InChI=1S/C19H20ClFN6O2/c20-12-5-11(6-13(21)7-12)17-25-19(29-26-17)14-9-23-27-15(8-16(28)24-18(14)27)10-1-3-22-4-2-10/h5-8,10,14,18,22-23H,1-4,9H2,(H,24,28). The highest BCUT2D eigenvalue weighted by atomic mass is 35.5. The lowest BCUT2D eigenvalue weighted by Crippen LogP contribution is -2.53. The number of allylic oxidation sites excluding steroid dienone is 1. The third-order valence-electron chi connectivity index (χ3n) is 5.63. The van der Waals surface area contributed by atoms with E-state index in [4.69, 9.17) is 16.1 Å². The van der Waals surface area contributed by atoms with Crippen molar-refractivity contribution in [2.75, 3.05) is 19.6 Å². The lowest BCUT2D eigenvalue weighted by atomic mass is 9.92. The molecule has 3 aliphatic rings. The van der Waals surface area contributed by atoms with Crippen LogP contribution in [0.15, 0.2) is 34.5 Å². The van der Waals surface area contributed by atoms with Crippen LogP contribution in [0.1, 0.15) is 24.7 Å². The fourth-order valence-corrected chi connectivity index (χ4v) is 4.46. The molecule has 29 heavy (non-hydrogen) atoms. The van der Waals surface area contributed by atoms with E-state index in [9.17, 15) is 9.18 Å². The zero-order chi connectivity index (χ0) is 20.0. The SMILES string of the molecule is O=C1C=C(C2CCNCC2)N2NCC(c3nc(-c4cc(F)cc(Cl)c4)no3)C2N1. The second-order valence-electron chi connectivity index (χ2n) is 7.50. The number of carbonyl (C=O) groups excluding carboxylic acids is 1. The minimum Gasteiger partial charge on any atom is -0.338 e. The Bertz CT molecular complexity index is 953. The molecule has 8 nitrogen and oxygen atoms in total. The molecule has 3 aliphatic heterocycles. The van der Waals surface area contributed by atoms with Gasteiger partial charge in [0.1, 0.15) is 12.0 Å². The number of aromatic nitrogens is 2. The first-order valence-electron chi connectivity index (χ1n) is 9.64. The third-order valence-corrected chi connectivity index (χ3v) is 5.84. The fraction of sp³-hybridized carbons (Fsp3) is 0.421. The molecule has 0 radical (unpaired) electrons. The molecular formula is C19H20ClFN6O2. The van der Waals surface area contributed by atoms with Gasteiger partial charge in [-0.25, -0.2) is 9.82 Å². The molecule has 1 aromatic heterocycles. The molecule has 3 N–H and O–H groups in total. The number of fused-ring (bicyclic) bond motifs is 1. The zero-order valence-electron chi connectivity index (χ0n) is 15.5. The van der Waals surface area contributed by atoms with Crippen molar-refractivity contribution in [2.24, 2.45) is 5.92 Å². The summed E-state index contributed by atoms with van der Waals surface area (Å²) in [6.45, 7) is 2.42. The van der Waals surface area contributed by atoms with E-state index in [0.717, 1.165) is 31.6 Å². The molecule has 0 spiro atoms. The number of amides is 1. The first-order valence-corrected chi connectivity index (χ1v) is 10.0. The Labute approximate surface area is 171 Å². The van der Waals surface area contributed by atoms with E-state index in [1.165, 1.54) is 12.1 Å². The largest absolute Gasteiger partial charge is 0.338 e. The smallest absolute Gasteiger partial charge is 0.247 e. The summed E-state index contributed by atoms with van der Waals surface area (Å²) in [4.78, 5) is 16.8. The van der Waals surface area contributed by atoms with Gasteiger partial charge in [-0.15, -0.1) is 0 Å². The van der Waals surface area contributed by atoms with Crippen LogP contribution in [0.4, 0.5) is 4.39 Å². The molecule has 2 saturated heterocycles. The van der Waals surface area contributed by atoms with Crippen LogP contribution >= 0.6 is 11.6 Å². The van der Waals surface area contributed by atoms with Gasteiger partial charge in [0.2, 0.25) is 17.6 Å². The van der Waals surface area contributed by atoms with Gasteiger partial charge >= 0.3 is 0 Å². The van der Waals surface area contributed by atoms with Crippen molar-refractivity contribution in [3.63, 3.8) is 0 Å². The number of nitrogens with one attached hydrogen (secondary N) is 3. The van der Waals surface area contributed by atoms with Gasteiger partial charge in [-0.3, -0.25) is 9.80 Å². The molecule has 152 valence electrons. The third kappa shape index (κ3) is 3.50. The molecular weight excluding hydrogens is 399 g/mol. The topological polar surface area (TPSA) is 95.3 Å². The van der Waals surface area contributed by atoms with Gasteiger partial charge in [0.25, 0.3) is 0 Å². The van der Waals surface area contributed by atoms with E-state index in [2.05, 4.69) is 26.2 Å².